The van der Waals surface area contributed by atoms with Crippen molar-refractivity contribution in [3.8, 4) is 28.3 Å². The summed E-state index contributed by atoms with van der Waals surface area (Å²) < 4.78 is 7.37. The van der Waals surface area contributed by atoms with Gasteiger partial charge in [-0.1, -0.05) is 60.7 Å². The predicted octanol–water partition coefficient (Wildman–Crippen LogP) is 3.65. The topological polar surface area (TPSA) is 50.5 Å². The van der Waals surface area contributed by atoms with Crippen molar-refractivity contribution in [3.05, 3.63) is 60.7 Å². The Balaban J connectivity index is 1.60. The van der Waals surface area contributed by atoms with Crippen LogP contribution < -0.4 is 0 Å². The van der Waals surface area contributed by atoms with Gasteiger partial charge in [0.25, 0.3) is 0 Å². The average Bonchev–Trinajstić information content (AvgIpc) is 3.06. The molecule has 0 atom stereocenters. The van der Waals surface area contributed by atoms with Gasteiger partial charge in [0.05, 0.1) is 13.2 Å². The molecule has 1 aliphatic heterocycles. The van der Waals surface area contributed by atoms with Crippen molar-refractivity contribution >= 4 is 0 Å². The van der Waals surface area contributed by atoms with E-state index in [2.05, 4.69) is 4.90 Å². The maximum atomic E-state index is 11.0. The number of ether oxygens (including phenoxy) is 1. The van der Waals surface area contributed by atoms with E-state index in [1.165, 1.54) is 0 Å². The van der Waals surface area contributed by atoms with E-state index in [9.17, 15) is 5.11 Å². The summed E-state index contributed by atoms with van der Waals surface area (Å²) in [4.78, 5) is 2.42. The first kappa shape index (κ1) is 17.8. The fraction of sp³-hybridized carbons (Fsp3) is 0.318. The third-order valence-corrected chi connectivity index (χ3v) is 4.97. The number of hydrogen-bond donors (Lipinski definition) is 1. The van der Waals surface area contributed by atoms with Crippen LogP contribution in [0.1, 0.15) is 6.42 Å². The Morgan fingerprint density at radius 3 is 2.15 bits per heavy atom. The minimum atomic E-state index is 0.249. The molecule has 1 aliphatic rings. The van der Waals surface area contributed by atoms with Gasteiger partial charge in [0.1, 0.15) is 11.4 Å². The second-order valence-electron chi connectivity index (χ2n) is 6.81. The van der Waals surface area contributed by atoms with Crippen LogP contribution in [0.15, 0.2) is 60.7 Å². The van der Waals surface area contributed by atoms with Crippen LogP contribution in [0.4, 0.5) is 0 Å². The molecule has 0 spiro atoms. The number of rotatable bonds is 6. The van der Waals surface area contributed by atoms with Crippen molar-refractivity contribution in [2.75, 3.05) is 32.8 Å². The summed E-state index contributed by atoms with van der Waals surface area (Å²) in [6.45, 7) is 5.39. The smallest absolute Gasteiger partial charge is 0.169 e. The van der Waals surface area contributed by atoms with Crippen molar-refractivity contribution < 1.29 is 9.84 Å². The van der Waals surface area contributed by atoms with E-state index in [0.29, 0.717) is 5.69 Å². The number of morpholine rings is 1. The lowest BCUT2D eigenvalue weighted by Crippen LogP contribution is -2.37. The lowest BCUT2D eigenvalue weighted by atomic mass is 10.1. The van der Waals surface area contributed by atoms with Crippen LogP contribution in [0.2, 0.25) is 0 Å². The van der Waals surface area contributed by atoms with Gasteiger partial charge in [0.2, 0.25) is 0 Å². The van der Waals surface area contributed by atoms with Crippen LogP contribution in [0.3, 0.4) is 0 Å². The first-order chi connectivity index (χ1) is 13.3. The highest BCUT2D eigenvalue weighted by Gasteiger charge is 2.20. The second-order valence-corrected chi connectivity index (χ2v) is 6.81. The van der Waals surface area contributed by atoms with Crippen molar-refractivity contribution in [2.24, 2.45) is 0 Å². The number of aromatic hydroxyl groups is 1. The quantitative estimate of drug-likeness (QED) is 0.726. The molecule has 5 heteroatoms. The highest BCUT2D eigenvalue weighted by molar-refractivity contribution is 5.77. The Hall–Kier alpha value is -2.63. The summed E-state index contributed by atoms with van der Waals surface area (Å²) >= 11 is 0. The van der Waals surface area contributed by atoms with E-state index in [-0.39, 0.29) is 5.75 Å². The summed E-state index contributed by atoms with van der Waals surface area (Å²) in [5.74, 6) is 0.249. The van der Waals surface area contributed by atoms with Crippen LogP contribution >= 0.6 is 0 Å². The summed E-state index contributed by atoms with van der Waals surface area (Å²) in [5.41, 5.74) is 3.34. The molecule has 2 aromatic carbocycles. The maximum Gasteiger partial charge on any atom is 0.169 e. The maximum absolute atomic E-state index is 11.0. The minimum Gasteiger partial charge on any atom is -0.504 e. The molecule has 1 fully saturated rings. The largest absolute Gasteiger partial charge is 0.504 e. The van der Waals surface area contributed by atoms with Gasteiger partial charge in [0.15, 0.2) is 5.75 Å². The Kier molecular flexibility index (Phi) is 5.51. The van der Waals surface area contributed by atoms with E-state index in [0.717, 1.165) is 62.6 Å². The predicted molar refractivity (Wildman–Crippen MR) is 107 cm³/mol. The Labute approximate surface area is 159 Å². The SMILES string of the molecule is Oc1c(-c2ccccc2)nn(CCCN2CCOCC2)c1-c1ccccc1. The second kappa shape index (κ2) is 8.37. The van der Waals surface area contributed by atoms with Gasteiger partial charge in [-0.3, -0.25) is 9.58 Å². The first-order valence-corrected chi connectivity index (χ1v) is 9.53. The third-order valence-electron chi connectivity index (χ3n) is 4.97. The van der Waals surface area contributed by atoms with Crippen LogP contribution in [0.5, 0.6) is 5.75 Å². The summed E-state index contributed by atoms with van der Waals surface area (Å²) in [7, 11) is 0. The van der Waals surface area contributed by atoms with E-state index >= 15 is 0 Å². The van der Waals surface area contributed by atoms with Crippen molar-refractivity contribution in [2.45, 2.75) is 13.0 Å². The van der Waals surface area contributed by atoms with E-state index in [4.69, 9.17) is 9.84 Å². The van der Waals surface area contributed by atoms with Crippen molar-refractivity contribution in [3.63, 3.8) is 0 Å². The molecule has 3 aromatic rings. The molecule has 0 aliphatic carbocycles. The van der Waals surface area contributed by atoms with Crippen LogP contribution in [-0.2, 0) is 11.3 Å². The van der Waals surface area contributed by atoms with Gasteiger partial charge in [-0.15, -0.1) is 0 Å². The molecule has 1 N–H and O–H groups in total. The zero-order valence-electron chi connectivity index (χ0n) is 15.4. The molecule has 27 heavy (non-hydrogen) atoms. The zero-order valence-corrected chi connectivity index (χ0v) is 15.4. The molecule has 0 unspecified atom stereocenters. The van der Waals surface area contributed by atoms with Crippen LogP contribution in [0, 0.1) is 0 Å². The van der Waals surface area contributed by atoms with Crippen molar-refractivity contribution in [1.82, 2.24) is 14.7 Å². The van der Waals surface area contributed by atoms with E-state index in [1.807, 2.05) is 65.3 Å². The Bertz CT molecular complexity index is 856. The normalized spacial score (nSPS) is 15.1. The van der Waals surface area contributed by atoms with Gasteiger partial charge in [-0.2, -0.15) is 5.10 Å². The lowest BCUT2D eigenvalue weighted by Gasteiger charge is -2.26. The molecule has 4 rings (SSSR count). The van der Waals surface area contributed by atoms with E-state index in [1.54, 1.807) is 0 Å². The Morgan fingerprint density at radius 2 is 1.48 bits per heavy atom. The van der Waals surface area contributed by atoms with Gasteiger partial charge in [-0.25, -0.2) is 0 Å². The number of hydrogen-bond acceptors (Lipinski definition) is 4. The molecule has 1 saturated heterocycles. The molecule has 0 saturated carbocycles. The van der Waals surface area contributed by atoms with Gasteiger partial charge in [-0.05, 0) is 6.42 Å². The summed E-state index contributed by atoms with van der Waals surface area (Å²) in [6.07, 6.45) is 0.981. The zero-order chi connectivity index (χ0) is 18.5. The van der Waals surface area contributed by atoms with E-state index < -0.39 is 0 Å². The van der Waals surface area contributed by atoms with Gasteiger partial charge < -0.3 is 9.84 Å². The fourth-order valence-electron chi connectivity index (χ4n) is 3.56. The molecular weight excluding hydrogens is 338 g/mol. The summed E-state index contributed by atoms with van der Waals surface area (Å²) in [6, 6.07) is 19.9. The number of nitrogens with zero attached hydrogens (tertiary/aromatic N) is 3. The minimum absolute atomic E-state index is 0.249. The van der Waals surface area contributed by atoms with Gasteiger partial charge >= 0.3 is 0 Å². The monoisotopic (exact) mass is 363 g/mol. The average molecular weight is 363 g/mol. The van der Waals surface area contributed by atoms with Crippen LogP contribution in [-0.4, -0.2) is 52.6 Å². The highest BCUT2D eigenvalue weighted by atomic mass is 16.5. The molecular formula is C22H25N3O2. The molecule has 1 aromatic heterocycles. The molecule has 0 amide bonds. The molecule has 140 valence electrons. The third kappa shape index (κ3) is 4.04. The number of aryl methyl sites for hydroxylation is 1. The summed E-state index contributed by atoms with van der Waals surface area (Å²) in [5, 5.41) is 15.7. The highest BCUT2D eigenvalue weighted by Crippen LogP contribution is 2.37. The standard InChI is InChI=1S/C22H25N3O2/c26-22-20(18-8-3-1-4-9-18)23-25(21(22)19-10-5-2-6-11-19)13-7-12-24-14-16-27-17-15-24/h1-6,8-11,26H,7,12-17H2. The first-order valence-electron chi connectivity index (χ1n) is 9.53. The molecule has 2 heterocycles. The number of aromatic nitrogens is 2. The fourth-order valence-corrected chi connectivity index (χ4v) is 3.56. The van der Waals surface area contributed by atoms with Gasteiger partial charge in [0, 0.05) is 37.3 Å². The molecule has 5 nitrogen and oxygen atoms in total. The molecule has 0 radical (unpaired) electrons. The van der Waals surface area contributed by atoms with Crippen LogP contribution in [0.25, 0.3) is 22.5 Å². The lowest BCUT2D eigenvalue weighted by molar-refractivity contribution is 0.0368. The molecule has 0 bridgehead atoms. The van der Waals surface area contributed by atoms with Crippen molar-refractivity contribution in [1.29, 1.82) is 0 Å². The number of benzene rings is 2. The Morgan fingerprint density at radius 1 is 0.852 bits per heavy atom.